The van der Waals surface area contributed by atoms with E-state index in [4.69, 9.17) is 14.4 Å². The van der Waals surface area contributed by atoms with Gasteiger partial charge in [0.25, 0.3) is 0 Å². The van der Waals surface area contributed by atoms with Gasteiger partial charge >= 0.3 is 37.5 Å². The van der Waals surface area contributed by atoms with Crippen LogP contribution in [0.3, 0.4) is 0 Å². The Kier molecular flexibility index (Phi) is 5.29. The van der Waals surface area contributed by atoms with Crippen molar-refractivity contribution in [2.75, 3.05) is 0 Å². The molecule has 0 unspecified atom stereocenters. The van der Waals surface area contributed by atoms with E-state index >= 15 is 0 Å². The van der Waals surface area contributed by atoms with Crippen LogP contribution in [0.25, 0.3) is 0 Å². The van der Waals surface area contributed by atoms with Crippen LogP contribution < -0.4 is 0 Å². The van der Waals surface area contributed by atoms with E-state index in [1.807, 2.05) is 0 Å². The fourth-order valence-electron chi connectivity index (χ4n) is 0. The minimum atomic E-state index is -5.14. The Morgan fingerprint density at radius 2 is 1.50 bits per heavy atom. The Bertz CT molecular complexity index is 56.9. The van der Waals surface area contributed by atoms with Crippen LogP contribution in [0.5, 0.6) is 0 Å². The van der Waals surface area contributed by atoms with Crippen LogP contribution in [0.4, 0.5) is 4.20 Å². The zero-order valence-corrected chi connectivity index (χ0v) is 3.02. The van der Waals surface area contributed by atoms with E-state index in [9.17, 15) is 4.20 Å². The Morgan fingerprint density at radius 1 is 1.50 bits per heavy atom. The van der Waals surface area contributed by atoms with Crippen LogP contribution in [0.2, 0.25) is 0 Å². The van der Waals surface area contributed by atoms with Gasteiger partial charge in [-0.25, -0.2) is 4.57 Å². The molecule has 3 nitrogen and oxygen atoms in total. The van der Waals surface area contributed by atoms with Crippen molar-refractivity contribution in [1.82, 2.24) is 0 Å². The molecule has 0 bridgehead atoms. The Balaban J connectivity index is 0. The number of hydrogen-bond donors (Lipinski definition) is 2. The van der Waals surface area contributed by atoms with E-state index in [1.54, 1.807) is 0 Å². The molecule has 6 heteroatoms. The summed E-state index contributed by atoms with van der Waals surface area (Å²) in [5.41, 5.74) is 0. The number of rotatable bonds is 0. The summed E-state index contributed by atoms with van der Waals surface area (Å²) >= 11 is 0. The predicted molar refractivity (Wildman–Crippen MR) is 20.3 cm³/mol. The molecule has 0 saturated heterocycles. The van der Waals surface area contributed by atoms with Crippen LogP contribution in [-0.2, 0) is 4.57 Å². The summed E-state index contributed by atoms with van der Waals surface area (Å²) in [7, 11) is -5.14. The normalized spacial score (nSPS) is 9.83. The molecule has 0 aromatic carbocycles. The topological polar surface area (TPSA) is 57.5 Å². The van der Waals surface area contributed by atoms with Gasteiger partial charge in [0.05, 0.1) is 0 Å². The number of halogens is 1. The molecule has 0 saturated carbocycles. The second kappa shape index (κ2) is 3.13. The summed E-state index contributed by atoms with van der Waals surface area (Å²) < 4.78 is 19.0. The second-order valence-electron chi connectivity index (χ2n) is 0.473. The van der Waals surface area contributed by atoms with Gasteiger partial charge in [-0.05, 0) is 0 Å². The van der Waals surface area contributed by atoms with Crippen molar-refractivity contribution in [2.45, 2.75) is 0 Å². The van der Waals surface area contributed by atoms with Crippen LogP contribution >= 0.6 is 7.91 Å². The third-order valence-electron chi connectivity index (χ3n) is 0. The molecule has 0 aromatic rings. The average Bonchev–Trinajstić information content (AvgIpc) is 0.722. The molecule has 0 fully saturated rings. The van der Waals surface area contributed by atoms with Crippen molar-refractivity contribution in [2.24, 2.45) is 0 Å². The van der Waals surface area contributed by atoms with Gasteiger partial charge in [0.1, 0.15) is 0 Å². The quantitative estimate of drug-likeness (QED) is 0.335. The van der Waals surface area contributed by atoms with Gasteiger partial charge in [-0.3, -0.25) is 9.79 Å². The SMILES string of the molecule is O=P(O)(O)F.[NaH]. The summed E-state index contributed by atoms with van der Waals surface area (Å²) in [6.07, 6.45) is 0. The van der Waals surface area contributed by atoms with Crippen LogP contribution in [0, 0.1) is 0 Å². The fourth-order valence-corrected chi connectivity index (χ4v) is 0. The van der Waals surface area contributed by atoms with E-state index in [2.05, 4.69) is 0 Å². The fraction of sp³-hybridized carbons (Fsp3) is 0. The van der Waals surface area contributed by atoms with Crippen molar-refractivity contribution in [1.29, 1.82) is 0 Å². The molecule has 0 radical (unpaired) electrons. The summed E-state index contributed by atoms with van der Waals surface area (Å²) in [5, 5.41) is 0. The summed E-state index contributed by atoms with van der Waals surface area (Å²) in [5.74, 6) is 0. The molecule has 0 rings (SSSR count). The summed E-state index contributed by atoms with van der Waals surface area (Å²) in [6, 6.07) is 0. The van der Waals surface area contributed by atoms with Gasteiger partial charge in [0, 0.05) is 0 Å². The first kappa shape index (κ1) is 10.1. The molecule has 2 N–H and O–H groups in total. The van der Waals surface area contributed by atoms with E-state index in [0.717, 1.165) is 0 Å². The van der Waals surface area contributed by atoms with E-state index in [0.29, 0.717) is 0 Å². The molecule has 6 heavy (non-hydrogen) atoms. The van der Waals surface area contributed by atoms with Crippen molar-refractivity contribution in [3.8, 4) is 0 Å². The maximum atomic E-state index is 10.4. The van der Waals surface area contributed by atoms with Crippen LogP contribution in [0.15, 0.2) is 0 Å². The van der Waals surface area contributed by atoms with E-state index < -0.39 is 7.91 Å². The van der Waals surface area contributed by atoms with Gasteiger partial charge < -0.3 is 0 Å². The van der Waals surface area contributed by atoms with Crippen LogP contribution in [0.1, 0.15) is 0 Å². The molecule has 0 heterocycles. The summed E-state index contributed by atoms with van der Waals surface area (Å²) in [6.45, 7) is 0. The van der Waals surface area contributed by atoms with Gasteiger partial charge in [-0.1, -0.05) is 0 Å². The first-order chi connectivity index (χ1) is 2.00. The van der Waals surface area contributed by atoms with Gasteiger partial charge in [-0.2, -0.15) is 0 Å². The van der Waals surface area contributed by atoms with Crippen molar-refractivity contribution in [3.63, 3.8) is 0 Å². The Morgan fingerprint density at radius 3 is 1.50 bits per heavy atom. The van der Waals surface area contributed by atoms with Gasteiger partial charge in [-0.15, -0.1) is 4.20 Å². The average molecular weight is 124 g/mol. The molecule has 0 atom stereocenters. The molecule has 0 aromatic heterocycles. The first-order valence-corrected chi connectivity index (χ1v) is 2.25. The maximum absolute atomic E-state index is 10.4. The van der Waals surface area contributed by atoms with Crippen molar-refractivity contribution >= 4 is 37.5 Å². The minimum absolute atomic E-state index is 0. The van der Waals surface area contributed by atoms with E-state index in [1.165, 1.54) is 0 Å². The zero-order valence-electron chi connectivity index (χ0n) is 2.13. The molecule has 0 aliphatic rings. The zero-order chi connectivity index (χ0) is 4.50. The second-order valence-corrected chi connectivity index (χ2v) is 1.42. The third-order valence-corrected chi connectivity index (χ3v) is 0. The monoisotopic (exact) mass is 124 g/mol. The molecular weight excluding hydrogens is 121 g/mol. The molecule has 34 valence electrons. The Labute approximate surface area is 56.1 Å². The molecule has 0 spiro atoms. The Hall–Kier alpha value is 1.08. The third kappa shape index (κ3) is 72.5. The summed E-state index contributed by atoms with van der Waals surface area (Å²) in [4.78, 5) is 13.9. The van der Waals surface area contributed by atoms with Crippen LogP contribution in [-0.4, -0.2) is 39.3 Å². The first-order valence-electron chi connectivity index (χ1n) is 0.752. The molecule has 0 aliphatic heterocycles. The molecule has 0 aliphatic carbocycles. The van der Waals surface area contributed by atoms with Crippen molar-refractivity contribution in [3.05, 3.63) is 0 Å². The van der Waals surface area contributed by atoms with Gasteiger partial charge in [0.15, 0.2) is 0 Å². The predicted octanol–water partition coefficient (Wildman–Crippen LogP) is -0.600. The van der Waals surface area contributed by atoms with Crippen molar-refractivity contribution < 1.29 is 18.5 Å². The van der Waals surface area contributed by atoms with E-state index in [-0.39, 0.29) is 29.6 Å². The molecular formula is H3FNaO3P. The molecule has 0 amide bonds. The standard InChI is InChI=1S/FH2O3P.Na.H/c1-5(2,3)4;;/h(H2,2,3,4);;. The van der Waals surface area contributed by atoms with Gasteiger partial charge in [0.2, 0.25) is 0 Å². The number of hydrogen-bond acceptors (Lipinski definition) is 1.